The fourth-order valence-corrected chi connectivity index (χ4v) is 3.11. The smallest absolute Gasteiger partial charge is 0.226 e. The summed E-state index contributed by atoms with van der Waals surface area (Å²) in [5.74, 6) is 0.497. The lowest BCUT2D eigenvalue weighted by Crippen LogP contribution is -2.43. The lowest BCUT2D eigenvalue weighted by Gasteiger charge is -2.31. The third-order valence-electron chi connectivity index (χ3n) is 4.45. The van der Waals surface area contributed by atoms with Crippen LogP contribution in [0.3, 0.4) is 0 Å². The zero-order chi connectivity index (χ0) is 15.8. The number of carbonyl (C=O) groups excluding carboxylic acids is 1. The summed E-state index contributed by atoms with van der Waals surface area (Å²) in [6, 6.07) is 6.40. The Balaban J connectivity index is 1.40. The van der Waals surface area contributed by atoms with Crippen LogP contribution in [-0.4, -0.2) is 40.6 Å². The van der Waals surface area contributed by atoms with Crippen LogP contribution in [-0.2, 0) is 9.53 Å². The zero-order valence-electron chi connectivity index (χ0n) is 12.4. The number of hydrogen-bond acceptors (Lipinski definition) is 5. The van der Waals surface area contributed by atoms with Crippen LogP contribution >= 0.6 is 0 Å². The highest BCUT2D eigenvalue weighted by molar-refractivity contribution is 5.83. The van der Waals surface area contributed by atoms with E-state index < -0.39 is 0 Å². The summed E-state index contributed by atoms with van der Waals surface area (Å²) in [5.41, 5.74) is 1.02. The molecule has 1 unspecified atom stereocenters. The molecule has 1 aromatic heterocycles. The van der Waals surface area contributed by atoms with Gasteiger partial charge in [-0.15, -0.1) is 0 Å². The standard InChI is InChI=1S/C16H16FN3O3/c17-11-3-1-10(2-4-11)12-7-13(12)16(21)20-5-6-22-14(8-20)15-18-9-23-19-15/h1-4,9,12-14H,5-8H2/t12-,13+,14?/m0/s1. The molecule has 1 saturated heterocycles. The molecule has 0 N–H and O–H groups in total. The second kappa shape index (κ2) is 5.73. The Hall–Kier alpha value is -2.28. The number of ether oxygens (including phenoxy) is 1. The first-order valence-corrected chi connectivity index (χ1v) is 7.64. The van der Waals surface area contributed by atoms with E-state index in [2.05, 4.69) is 10.1 Å². The minimum atomic E-state index is -0.338. The number of amides is 1. The molecule has 1 amide bonds. The predicted molar refractivity (Wildman–Crippen MR) is 76.8 cm³/mol. The summed E-state index contributed by atoms with van der Waals surface area (Å²) in [6.07, 6.45) is 1.73. The Kier molecular flexibility index (Phi) is 3.57. The maximum atomic E-state index is 13.0. The Bertz CT molecular complexity index is 689. The van der Waals surface area contributed by atoms with Gasteiger partial charge in [-0.25, -0.2) is 4.39 Å². The molecule has 23 heavy (non-hydrogen) atoms. The van der Waals surface area contributed by atoms with Crippen molar-refractivity contribution in [3.63, 3.8) is 0 Å². The summed E-state index contributed by atoms with van der Waals surface area (Å²) in [5, 5.41) is 3.78. The van der Waals surface area contributed by atoms with Crippen molar-refractivity contribution < 1.29 is 18.4 Å². The van der Waals surface area contributed by atoms with Crippen LogP contribution in [0.1, 0.15) is 29.8 Å². The van der Waals surface area contributed by atoms with Gasteiger partial charge in [-0.3, -0.25) is 4.79 Å². The Morgan fingerprint density at radius 2 is 2.13 bits per heavy atom. The SMILES string of the molecule is O=C([C@@H]1C[C@H]1c1ccc(F)cc1)N1CCOC(c2ncon2)C1. The number of morpholine rings is 1. The number of nitrogens with zero attached hydrogens (tertiary/aromatic N) is 3. The van der Waals surface area contributed by atoms with Crippen LogP contribution in [0.15, 0.2) is 35.2 Å². The molecule has 2 fully saturated rings. The topological polar surface area (TPSA) is 68.5 Å². The molecule has 120 valence electrons. The zero-order valence-corrected chi connectivity index (χ0v) is 12.4. The fraction of sp³-hybridized carbons (Fsp3) is 0.438. The van der Waals surface area contributed by atoms with Gasteiger partial charge in [-0.1, -0.05) is 17.3 Å². The van der Waals surface area contributed by atoms with E-state index in [0.29, 0.717) is 25.5 Å². The fourth-order valence-electron chi connectivity index (χ4n) is 3.11. The number of halogens is 1. The van der Waals surface area contributed by atoms with Crippen molar-refractivity contribution in [2.75, 3.05) is 19.7 Å². The van der Waals surface area contributed by atoms with E-state index in [1.54, 1.807) is 17.0 Å². The van der Waals surface area contributed by atoms with Crippen LogP contribution in [0, 0.1) is 11.7 Å². The molecule has 2 aromatic rings. The molecule has 0 bridgehead atoms. The highest BCUT2D eigenvalue weighted by Crippen LogP contribution is 2.48. The Morgan fingerprint density at radius 1 is 1.30 bits per heavy atom. The molecule has 1 aliphatic carbocycles. The van der Waals surface area contributed by atoms with Gasteiger partial charge in [0, 0.05) is 12.5 Å². The van der Waals surface area contributed by atoms with Gasteiger partial charge in [0.15, 0.2) is 0 Å². The van der Waals surface area contributed by atoms with Gasteiger partial charge in [-0.2, -0.15) is 4.98 Å². The van der Waals surface area contributed by atoms with Crippen LogP contribution < -0.4 is 0 Å². The monoisotopic (exact) mass is 317 g/mol. The highest BCUT2D eigenvalue weighted by Gasteiger charge is 2.46. The highest BCUT2D eigenvalue weighted by atomic mass is 19.1. The molecule has 0 spiro atoms. The third-order valence-corrected chi connectivity index (χ3v) is 4.45. The summed E-state index contributed by atoms with van der Waals surface area (Å²) < 4.78 is 23.3. The molecule has 0 radical (unpaired) electrons. The minimum Gasteiger partial charge on any atom is -0.366 e. The molecule has 1 aliphatic heterocycles. The lowest BCUT2D eigenvalue weighted by atomic mass is 10.1. The summed E-state index contributed by atoms with van der Waals surface area (Å²) >= 11 is 0. The largest absolute Gasteiger partial charge is 0.366 e. The molecule has 1 saturated carbocycles. The predicted octanol–water partition coefficient (Wildman–Crippen LogP) is 1.91. The Morgan fingerprint density at radius 3 is 2.87 bits per heavy atom. The van der Waals surface area contributed by atoms with Crippen LogP contribution in [0.25, 0.3) is 0 Å². The quantitative estimate of drug-likeness (QED) is 0.865. The first-order valence-electron chi connectivity index (χ1n) is 7.64. The van der Waals surface area contributed by atoms with E-state index in [0.717, 1.165) is 12.0 Å². The summed E-state index contributed by atoms with van der Waals surface area (Å²) in [6.45, 7) is 1.46. The van der Waals surface area contributed by atoms with Crippen molar-refractivity contribution >= 4 is 5.91 Å². The van der Waals surface area contributed by atoms with Gasteiger partial charge in [0.1, 0.15) is 11.9 Å². The number of rotatable bonds is 3. The molecule has 1 aromatic carbocycles. The molecule has 2 heterocycles. The molecule has 6 nitrogen and oxygen atoms in total. The van der Waals surface area contributed by atoms with E-state index in [-0.39, 0.29) is 29.7 Å². The summed E-state index contributed by atoms with van der Waals surface area (Å²) in [4.78, 5) is 18.5. The van der Waals surface area contributed by atoms with E-state index in [9.17, 15) is 9.18 Å². The average molecular weight is 317 g/mol. The number of hydrogen-bond donors (Lipinski definition) is 0. The van der Waals surface area contributed by atoms with E-state index >= 15 is 0 Å². The third kappa shape index (κ3) is 2.84. The molecule has 3 atom stereocenters. The molecule has 2 aliphatic rings. The second-order valence-electron chi connectivity index (χ2n) is 5.93. The van der Waals surface area contributed by atoms with Gasteiger partial charge in [0.2, 0.25) is 18.1 Å². The van der Waals surface area contributed by atoms with Gasteiger partial charge in [0.25, 0.3) is 0 Å². The number of carbonyl (C=O) groups is 1. The van der Waals surface area contributed by atoms with Crippen molar-refractivity contribution in [1.29, 1.82) is 0 Å². The molecular weight excluding hydrogens is 301 g/mol. The van der Waals surface area contributed by atoms with Gasteiger partial charge < -0.3 is 14.2 Å². The van der Waals surface area contributed by atoms with Gasteiger partial charge in [-0.05, 0) is 30.0 Å². The normalized spacial score (nSPS) is 27.0. The maximum absolute atomic E-state index is 13.0. The van der Waals surface area contributed by atoms with Crippen molar-refractivity contribution in [2.45, 2.75) is 18.4 Å². The first kappa shape index (κ1) is 14.3. The minimum absolute atomic E-state index is 0.0236. The van der Waals surface area contributed by atoms with Gasteiger partial charge >= 0.3 is 0 Å². The first-order chi connectivity index (χ1) is 11.2. The van der Waals surface area contributed by atoms with Gasteiger partial charge in [0.05, 0.1) is 13.2 Å². The van der Waals surface area contributed by atoms with Crippen molar-refractivity contribution in [3.05, 3.63) is 47.9 Å². The molecular formula is C16H16FN3O3. The second-order valence-corrected chi connectivity index (χ2v) is 5.93. The lowest BCUT2D eigenvalue weighted by molar-refractivity contribution is -0.140. The molecule has 4 rings (SSSR count). The van der Waals surface area contributed by atoms with Crippen LogP contribution in [0.2, 0.25) is 0 Å². The maximum Gasteiger partial charge on any atom is 0.226 e. The van der Waals surface area contributed by atoms with Crippen molar-refractivity contribution in [1.82, 2.24) is 15.0 Å². The van der Waals surface area contributed by atoms with Crippen molar-refractivity contribution in [3.8, 4) is 0 Å². The summed E-state index contributed by atoms with van der Waals surface area (Å²) in [7, 11) is 0. The van der Waals surface area contributed by atoms with E-state index in [1.165, 1.54) is 18.5 Å². The number of aromatic nitrogens is 2. The Labute approximate surface area is 132 Å². The number of benzene rings is 1. The molecule has 7 heteroatoms. The van der Waals surface area contributed by atoms with Crippen molar-refractivity contribution in [2.24, 2.45) is 5.92 Å². The van der Waals surface area contributed by atoms with E-state index in [4.69, 9.17) is 9.26 Å². The van der Waals surface area contributed by atoms with Crippen LogP contribution in [0.4, 0.5) is 4.39 Å². The average Bonchev–Trinajstić information content (AvgIpc) is 3.18. The van der Waals surface area contributed by atoms with Crippen LogP contribution in [0.5, 0.6) is 0 Å². The van der Waals surface area contributed by atoms with E-state index in [1.807, 2.05) is 0 Å².